The van der Waals surface area contributed by atoms with Gasteiger partial charge in [0.25, 0.3) is 0 Å². The van der Waals surface area contributed by atoms with E-state index in [1.54, 1.807) is 24.4 Å². The van der Waals surface area contributed by atoms with Crippen LogP contribution in [-0.2, 0) is 0 Å². The van der Waals surface area contributed by atoms with E-state index in [1.165, 1.54) is 6.20 Å². The molecule has 4 N–H and O–H groups in total. The van der Waals surface area contributed by atoms with Gasteiger partial charge in [-0.2, -0.15) is 10.4 Å². The van der Waals surface area contributed by atoms with Gasteiger partial charge in [0, 0.05) is 30.2 Å². The van der Waals surface area contributed by atoms with E-state index in [2.05, 4.69) is 42.8 Å². The first-order chi connectivity index (χ1) is 12.6. The molecular formula is C17H25N7OS. The van der Waals surface area contributed by atoms with Crippen molar-refractivity contribution in [1.82, 2.24) is 24.4 Å². The van der Waals surface area contributed by atoms with Crippen LogP contribution >= 0.6 is 12.1 Å². The van der Waals surface area contributed by atoms with Crippen LogP contribution in [0, 0.1) is 11.3 Å². The second kappa shape index (κ2) is 10.0. The molecule has 26 heavy (non-hydrogen) atoms. The van der Waals surface area contributed by atoms with Crippen molar-refractivity contribution in [2.75, 3.05) is 14.1 Å². The van der Waals surface area contributed by atoms with Gasteiger partial charge in [-0.3, -0.25) is 5.10 Å². The minimum Gasteiger partial charge on any atom is -0.405 e. The van der Waals surface area contributed by atoms with Crippen LogP contribution in [0.25, 0.3) is 11.5 Å². The molecule has 0 radical (unpaired) electrons. The van der Waals surface area contributed by atoms with Gasteiger partial charge in [-0.25, -0.2) is 9.03 Å². The van der Waals surface area contributed by atoms with Gasteiger partial charge < -0.3 is 10.3 Å². The Morgan fingerprint density at radius 2 is 2.15 bits per heavy atom. The van der Waals surface area contributed by atoms with E-state index in [0.717, 1.165) is 31.4 Å². The Bertz CT molecular complexity index is 712. The van der Waals surface area contributed by atoms with Gasteiger partial charge in [-0.05, 0) is 46.0 Å². The van der Waals surface area contributed by atoms with E-state index in [1.807, 2.05) is 14.1 Å². The largest absolute Gasteiger partial charge is 0.405 e. The number of aromatic nitrogens is 3. The van der Waals surface area contributed by atoms with Crippen LogP contribution in [0.4, 0.5) is 0 Å². The zero-order chi connectivity index (χ0) is 18.9. The van der Waals surface area contributed by atoms with Crippen molar-refractivity contribution in [3.8, 4) is 17.5 Å². The molecule has 0 aromatic carbocycles. The number of nitrogens with zero attached hydrogens (tertiary/aromatic N) is 4. The highest BCUT2D eigenvalue weighted by Crippen LogP contribution is 2.36. The Labute approximate surface area is 158 Å². The topological polar surface area (TPSA) is 120 Å². The Hall–Kier alpha value is -2.28. The molecule has 0 spiro atoms. The van der Waals surface area contributed by atoms with E-state index in [-0.39, 0.29) is 0 Å². The third kappa shape index (κ3) is 5.11. The predicted molar refractivity (Wildman–Crippen MR) is 103 cm³/mol. The standard InChI is InChI=1S/C15H20N6OS.C2H5N/c1-21(2)23-20-11-5-3-10(4-6-11)14-12(9-16)15(19-18-14)13-7-8-17-22-13;1-2-3/h7-8,10-11,20H,3-6H2,1-2H3,(H,18,19);2H,1,3H2. The molecule has 0 unspecified atom stereocenters. The molecule has 1 aliphatic carbocycles. The Kier molecular flexibility index (Phi) is 7.72. The summed E-state index contributed by atoms with van der Waals surface area (Å²) in [6.45, 7) is 3.14. The first kappa shape index (κ1) is 20.0. The molecule has 1 aliphatic rings. The molecule has 140 valence electrons. The third-order valence-corrected chi connectivity index (χ3v) is 4.92. The number of hydrogen-bond acceptors (Lipinski definition) is 8. The van der Waals surface area contributed by atoms with Crippen LogP contribution in [0.3, 0.4) is 0 Å². The lowest BCUT2D eigenvalue weighted by Gasteiger charge is -2.29. The van der Waals surface area contributed by atoms with Crippen molar-refractivity contribution in [1.29, 1.82) is 5.26 Å². The Morgan fingerprint density at radius 1 is 1.46 bits per heavy atom. The van der Waals surface area contributed by atoms with Gasteiger partial charge >= 0.3 is 0 Å². The summed E-state index contributed by atoms with van der Waals surface area (Å²) < 4.78 is 10.7. The van der Waals surface area contributed by atoms with E-state index in [0.29, 0.717) is 29.0 Å². The SMILES string of the molecule is C=CN.CN(C)SNC1CCC(c2[nH]nc(-c3ccno3)c2C#N)CC1. The zero-order valence-electron chi connectivity index (χ0n) is 15.1. The molecule has 1 saturated carbocycles. The fourth-order valence-corrected chi connectivity index (χ4v) is 3.56. The van der Waals surface area contributed by atoms with E-state index in [4.69, 9.17) is 4.52 Å². The first-order valence-electron chi connectivity index (χ1n) is 8.42. The second-order valence-electron chi connectivity index (χ2n) is 6.16. The maximum absolute atomic E-state index is 9.52. The normalized spacial score (nSPS) is 19.5. The zero-order valence-corrected chi connectivity index (χ0v) is 15.9. The van der Waals surface area contributed by atoms with Gasteiger partial charge in [0.05, 0.1) is 11.9 Å². The molecule has 8 nitrogen and oxygen atoms in total. The number of hydrogen-bond donors (Lipinski definition) is 3. The predicted octanol–water partition coefficient (Wildman–Crippen LogP) is 2.77. The van der Waals surface area contributed by atoms with Crippen LogP contribution in [0.5, 0.6) is 0 Å². The van der Waals surface area contributed by atoms with Crippen molar-refractivity contribution in [3.63, 3.8) is 0 Å². The fourth-order valence-electron chi connectivity index (χ4n) is 2.96. The average Bonchev–Trinajstić information content (AvgIpc) is 3.30. The quantitative estimate of drug-likeness (QED) is 0.682. The lowest BCUT2D eigenvalue weighted by Crippen LogP contribution is -2.30. The first-order valence-corrected chi connectivity index (χ1v) is 9.19. The van der Waals surface area contributed by atoms with Gasteiger partial charge in [-0.1, -0.05) is 11.7 Å². The molecule has 0 bridgehead atoms. The monoisotopic (exact) mass is 375 g/mol. The van der Waals surface area contributed by atoms with Gasteiger partial charge in [0.1, 0.15) is 17.3 Å². The molecular weight excluding hydrogens is 350 g/mol. The van der Waals surface area contributed by atoms with Gasteiger partial charge in [-0.15, -0.1) is 0 Å². The smallest absolute Gasteiger partial charge is 0.188 e. The van der Waals surface area contributed by atoms with Crippen LogP contribution in [-0.4, -0.2) is 39.8 Å². The van der Waals surface area contributed by atoms with E-state index >= 15 is 0 Å². The Balaban J connectivity index is 0.000000758. The second-order valence-corrected chi connectivity index (χ2v) is 7.30. The third-order valence-electron chi connectivity index (χ3n) is 4.11. The van der Waals surface area contributed by atoms with Crippen LogP contribution in [0.15, 0.2) is 29.6 Å². The highest BCUT2D eigenvalue weighted by molar-refractivity contribution is 7.95. The molecule has 0 saturated heterocycles. The van der Waals surface area contributed by atoms with Crippen LogP contribution in [0.1, 0.15) is 42.9 Å². The molecule has 2 heterocycles. The summed E-state index contributed by atoms with van der Waals surface area (Å²) >= 11 is 1.64. The molecule has 0 aliphatic heterocycles. The summed E-state index contributed by atoms with van der Waals surface area (Å²) in [5.41, 5.74) is 6.68. The maximum atomic E-state index is 9.52. The van der Waals surface area contributed by atoms with E-state index < -0.39 is 0 Å². The Morgan fingerprint density at radius 3 is 2.69 bits per heavy atom. The minimum absolute atomic E-state index is 0.344. The highest BCUT2D eigenvalue weighted by Gasteiger charge is 2.28. The lowest BCUT2D eigenvalue weighted by atomic mass is 9.83. The molecule has 9 heteroatoms. The van der Waals surface area contributed by atoms with Crippen molar-refractivity contribution in [2.24, 2.45) is 5.73 Å². The summed E-state index contributed by atoms with van der Waals surface area (Å²) in [6.07, 6.45) is 7.07. The maximum Gasteiger partial charge on any atom is 0.188 e. The van der Waals surface area contributed by atoms with Gasteiger partial charge in [0.15, 0.2) is 5.76 Å². The number of nitrogens with one attached hydrogen (secondary N) is 2. The molecule has 3 rings (SSSR count). The summed E-state index contributed by atoms with van der Waals surface area (Å²) in [5, 5.41) is 20.5. The number of rotatable bonds is 5. The highest BCUT2D eigenvalue weighted by atomic mass is 32.2. The van der Waals surface area contributed by atoms with Crippen molar-refractivity contribution in [3.05, 3.63) is 36.3 Å². The summed E-state index contributed by atoms with van der Waals surface area (Å²) in [5.74, 6) is 0.873. The van der Waals surface area contributed by atoms with Crippen molar-refractivity contribution >= 4 is 12.1 Å². The van der Waals surface area contributed by atoms with Gasteiger partial charge in [0.2, 0.25) is 0 Å². The van der Waals surface area contributed by atoms with Crippen molar-refractivity contribution < 1.29 is 4.52 Å². The molecule has 2 aromatic heterocycles. The molecule has 2 aromatic rings. The van der Waals surface area contributed by atoms with Crippen molar-refractivity contribution in [2.45, 2.75) is 37.6 Å². The molecule has 1 fully saturated rings. The average molecular weight is 376 g/mol. The molecule has 0 amide bonds. The minimum atomic E-state index is 0.344. The summed E-state index contributed by atoms with van der Waals surface area (Å²) in [4.78, 5) is 0. The number of nitriles is 1. The number of nitrogens with two attached hydrogens (primary N) is 1. The fraction of sp³-hybridized carbons (Fsp3) is 0.471. The lowest BCUT2D eigenvalue weighted by molar-refractivity contribution is 0.374. The summed E-state index contributed by atoms with van der Waals surface area (Å²) in [6, 6.07) is 4.51. The summed E-state index contributed by atoms with van der Waals surface area (Å²) in [7, 11) is 4.05. The van der Waals surface area contributed by atoms with Crippen LogP contribution in [0.2, 0.25) is 0 Å². The number of H-pyrrole nitrogens is 1. The van der Waals surface area contributed by atoms with E-state index in [9.17, 15) is 5.26 Å². The molecule has 0 atom stereocenters. The van der Waals surface area contributed by atoms with Crippen LogP contribution < -0.4 is 10.5 Å². The number of aromatic amines is 1.